The molecule has 0 aromatic heterocycles. The smallest absolute Gasteiger partial charge is 0.269 e. The number of nitro groups is 1. The molecule has 0 atom stereocenters. The number of hydrogen-bond donors (Lipinski definition) is 0. The van der Waals surface area contributed by atoms with Gasteiger partial charge in [-0.3, -0.25) is 14.9 Å². The van der Waals surface area contributed by atoms with Gasteiger partial charge in [0.05, 0.1) is 4.92 Å². The molecule has 102 valence electrons. The zero-order valence-corrected chi connectivity index (χ0v) is 11.2. The Kier molecular flexibility index (Phi) is 4.25. The average Bonchev–Trinajstić information content (AvgIpc) is 2.41. The SMILES string of the molecule is Cc1ccccc1CC(=O)Cc1cccc([N+](=O)[O-])c1. The highest BCUT2D eigenvalue weighted by atomic mass is 16.6. The molecule has 2 aromatic carbocycles. The maximum absolute atomic E-state index is 12.0. The second-order valence-electron chi connectivity index (χ2n) is 4.75. The highest BCUT2D eigenvalue weighted by Gasteiger charge is 2.10. The van der Waals surface area contributed by atoms with E-state index < -0.39 is 4.92 Å². The molecule has 0 aliphatic carbocycles. The van der Waals surface area contributed by atoms with E-state index in [4.69, 9.17) is 0 Å². The lowest BCUT2D eigenvalue weighted by Gasteiger charge is -2.05. The van der Waals surface area contributed by atoms with Gasteiger partial charge in [-0.05, 0) is 23.6 Å². The van der Waals surface area contributed by atoms with Gasteiger partial charge in [0.1, 0.15) is 5.78 Å². The standard InChI is InChI=1S/C16H15NO3/c1-12-5-2-3-7-14(12)11-16(18)10-13-6-4-8-15(9-13)17(19)20/h2-9H,10-11H2,1H3. The second kappa shape index (κ2) is 6.10. The first-order valence-corrected chi connectivity index (χ1v) is 6.36. The van der Waals surface area contributed by atoms with Gasteiger partial charge in [-0.1, -0.05) is 36.4 Å². The normalized spacial score (nSPS) is 10.2. The predicted molar refractivity (Wildman–Crippen MR) is 76.7 cm³/mol. The summed E-state index contributed by atoms with van der Waals surface area (Å²) in [6.45, 7) is 1.97. The van der Waals surface area contributed by atoms with E-state index >= 15 is 0 Å². The molecule has 0 heterocycles. The van der Waals surface area contributed by atoms with E-state index in [-0.39, 0.29) is 17.9 Å². The molecular weight excluding hydrogens is 254 g/mol. The molecule has 4 heteroatoms. The largest absolute Gasteiger partial charge is 0.299 e. The van der Waals surface area contributed by atoms with Crippen LogP contribution < -0.4 is 0 Å². The first-order valence-electron chi connectivity index (χ1n) is 6.36. The third-order valence-corrected chi connectivity index (χ3v) is 3.17. The van der Waals surface area contributed by atoms with Crippen molar-refractivity contribution in [2.45, 2.75) is 19.8 Å². The van der Waals surface area contributed by atoms with Crippen molar-refractivity contribution in [3.8, 4) is 0 Å². The Morgan fingerprint density at radius 3 is 2.55 bits per heavy atom. The number of nitro benzene ring substituents is 1. The number of aryl methyl sites for hydroxylation is 1. The van der Waals surface area contributed by atoms with E-state index in [1.165, 1.54) is 12.1 Å². The highest BCUT2D eigenvalue weighted by Crippen LogP contribution is 2.15. The van der Waals surface area contributed by atoms with Crippen LogP contribution in [0.25, 0.3) is 0 Å². The summed E-state index contributed by atoms with van der Waals surface area (Å²) in [5.41, 5.74) is 2.78. The Bertz CT molecular complexity index is 650. The highest BCUT2D eigenvalue weighted by molar-refractivity contribution is 5.83. The summed E-state index contributed by atoms with van der Waals surface area (Å²) in [6, 6.07) is 14.0. The predicted octanol–water partition coefficient (Wildman–Crippen LogP) is 3.26. The lowest BCUT2D eigenvalue weighted by atomic mass is 9.99. The van der Waals surface area contributed by atoms with Gasteiger partial charge in [0.2, 0.25) is 0 Å². The number of carbonyl (C=O) groups is 1. The third kappa shape index (κ3) is 3.51. The van der Waals surface area contributed by atoms with Crippen LogP contribution in [0.2, 0.25) is 0 Å². The number of rotatable bonds is 5. The van der Waals surface area contributed by atoms with Crippen molar-refractivity contribution < 1.29 is 9.72 Å². The summed E-state index contributed by atoms with van der Waals surface area (Å²) >= 11 is 0. The summed E-state index contributed by atoms with van der Waals surface area (Å²) in [7, 11) is 0. The van der Waals surface area contributed by atoms with E-state index in [2.05, 4.69) is 0 Å². The van der Waals surface area contributed by atoms with Crippen LogP contribution in [0.5, 0.6) is 0 Å². The molecule has 0 bridgehead atoms. The lowest BCUT2D eigenvalue weighted by Crippen LogP contribution is -2.07. The van der Waals surface area contributed by atoms with Crippen LogP contribution in [0.3, 0.4) is 0 Å². The molecule has 4 nitrogen and oxygen atoms in total. The molecule has 0 unspecified atom stereocenters. The summed E-state index contributed by atoms with van der Waals surface area (Å²) in [6.07, 6.45) is 0.575. The van der Waals surface area contributed by atoms with Gasteiger partial charge in [-0.15, -0.1) is 0 Å². The summed E-state index contributed by atoms with van der Waals surface area (Å²) in [4.78, 5) is 22.3. The Balaban J connectivity index is 2.07. The van der Waals surface area contributed by atoms with Crippen LogP contribution in [0.4, 0.5) is 5.69 Å². The molecule has 0 amide bonds. The molecule has 0 N–H and O–H groups in total. The van der Waals surface area contributed by atoms with Crippen LogP contribution in [-0.4, -0.2) is 10.7 Å². The van der Waals surface area contributed by atoms with Crippen LogP contribution in [0.1, 0.15) is 16.7 Å². The first-order chi connectivity index (χ1) is 9.56. The van der Waals surface area contributed by atoms with Gasteiger partial charge in [0, 0.05) is 25.0 Å². The minimum atomic E-state index is -0.449. The van der Waals surface area contributed by atoms with Gasteiger partial charge in [-0.2, -0.15) is 0 Å². The van der Waals surface area contributed by atoms with E-state index in [1.807, 2.05) is 31.2 Å². The average molecular weight is 269 g/mol. The zero-order valence-electron chi connectivity index (χ0n) is 11.2. The van der Waals surface area contributed by atoms with E-state index in [1.54, 1.807) is 12.1 Å². The van der Waals surface area contributed by atoms with Crippen molar-refractivity contribution in [2.75, 3.05) is 0 Å². The summed E-state index contributed by atoms with van der Waals surface area (Å²) in [5, 5.41) is 10.7. The Morgan fingerprint density at radius 2 is 1.85 bits per heavy atom. The number of Topliss-reactive ketones (excluding diaryl/α,β-unsaturated/α-hetero) is 1. The number of nitrogens with zero attached hydrogens (tertiary/aromatic N) is 1. The summed E-state index contributed by atoms with van der Waals surface area (Å²) in [5.74, 6) is 0.0554. The molecule has 0 aliphatic heterocycles. The maximum atomic E-state index is 12.0. The van der Waals surface area contributed by atoms with Crippen LogP contribution in [0, 0.1) is 17.0 Å². The number of hydrogen-bond acceptors (Lipinski definition) is 3. The van der Waals surface area contributed by atoms with Crippen molar-refractivity contribution in [3.05, 3.63) is 75.3 Å². The second-order valence-corrected chi connectivity index (χ2v) is 4.75. The fourth-order valence-corrected chi connectivity index (χ4v) is 2.09. The molecule has 0 fully saturated rings. The number of non-ortho nitro benzene ring substituents is 1. The fourth-order valence-electron chi connectivity index (χ4n) is 2.09. The zero-order chi connectivity index (χ0) is 14.5. The molecule has 0 spiro atoms. The minimum absolute atomic E-state index is 0.0196. The van der Waals surface area contributed by atoms with E-state index in [9.17, 15) is 14.9 Å². The number of ketones is 1. The van der Waals surface area contributed by atoms with Crippen molar-refractivity contribution >= 4 is 11.5 Å². The Labute approximate surface area is 117 Å². The van der Waals surface area contributed by atoms with Gasteiger partial charge in [-0.25, -0.2) is 0 Å². The van der Waals surface area contributed by atoms with Crippen molar-refractivity contribution in [1.82, 2.24) is 0 Å². The summed E-state index contributed by atoms with van der Waals surface area (Å²) < 4.78 is 0. The third-order valence-electron chi connectivity index (χ3n) is 3.17. The number of benzene rings is 2. The number of carbonyl (C=O) groups excluding carboxylic acids is 1. The molecule has 0 saturated heterocycles. The van der Waals surface area contributed by atoms with Gasteiger partial charge in [0.15, 0.2) is 0 Å². The minimum Gasteiger partial charge on any atom is -0.299 e. The van der Waals surface area contributed by atoms with Crippen LogP contribution >= 0.6 is 0 Å². The lowest BCUT2D eigenvalue weighted by molar-refractivity contribution is -0.384. The van der Waals surface area contributed by atoms with Crippen molar-refractivity contribution in [3.63, 3.8) is 0 Å². The fraction of sp³-hybridized carbons (Fsp3) is 0.188. The molecule has 0 aliphatic rings. The van der Waals surface area contributed by atoms with Crippen molar-refractivity contribution in [1.29, 1.82) is 0 Å². The van der Waals surface area contributed by atoms with Gasteiger partial charge < -0.3 is 0 Å². The molecule has 2 aromatic rings. The maximum Gasteiger partial charge on any atom is 0.269 e. The monoisotopic (exact) mass is 269 g/mol. The molecule has 20 heavy (non-hydrogen) atoms. The van der Waals surface area contributed by atoms with Gasteiger partial charge >= 0.3 is 0 Å². The molecule has 0 radical (unpaired) electrons. The molecule has 2 rings (SSSR count). The molecular formula is C16H15NO3. The van der Waals surface area contributed by atoms with Crippen molar-refractivity contribution in [2.24, 2.45) is 0 Å². The van der Waals surface area contributed by atoms with Crippen LogP contribution in [-0.2, 0) is 17.6 Å². The first kappa shape index (κ1) is 13.9. The van der Waals surface area contributed by atoms with Gasteiger partial charge in [0.25, 0.3) is 5.69 Å². The topological polar surface area (TPSA) is 60.2 Å². The Morgan fingerprint density at radius 1 is 1.10 bits per heavy atom. The van der Waals surface area contributed by atoms with E-state index in [0.29, 0.717) is 12.0 Å². The van der Waals surface area contributed by atoms with E-state index in [0.717, 1.165) is 11.1 Å². The van der Waals surface area contributed by atoms with Crippen LogP contribution in [0.15, 0.2) is 48.5 Å². The Hall–Kier alpha value is -2.49. The molecule has 0 saturated carbocycles. The quantitative estimate of drug-likeness (QED) is 0.618.